The highest BCUT2D eigenvalue weighted by molar-refractivity contribution is 6.30. The number of rotatable bonds is 1. The molecule has 3 nitrogen and oxygen atoms in total. The predicted molar refractivity (Wildman–Crippen MR) is 80.4 cm³/mol. The molecule has 0 bridgehead atoms. The lowest BCUT2D eigenvalue weighted by atomic mass is 9.91. The lowest BCUT2D eigenvalue weighted by Gasteiger charge is -2.42. The molecular weight excluding hydrogens is 274 g/mol. The molecule has 0 aromatic heterocycles. The summed E-state index contributed by atoms with van der Waals surface area (Å²) in [6, 6.07) is 3.89. The monoisotopic (exact) mass is 295 g/mol. The molecule has 2 aliphatic rings. The summed E-state index contributed by atoms with van der Waals surface area (Å²) in [5, 5.41) is 11.1. The highest BCUT2D eigenvalue weighted by Crippen LogP contribution is 2.41. The Bertz CT molecular complexity index is 497. The van der Waals surface area contributed by atoms with Crippen LogP contribution < -0.4 is 4.74 Å². The Kier molecular flexibility index (Phi) is 3.93. The first-order valence-electron chi connectivity index (χ1n) is 7.41. The van der Waals surface area contributed by atoms with Gasteiger partial charge in [-0.25, -0.2) is 0 Å². The minimum atomic E-state index is -0.478. The number of aliphatic hydroxyl groups is 1. The van der Waals surface area contributed by atoms with Crippen LogP contribution >= 0.6 is 11.6 Å². The fourth-order valence-corrected chi connectivity index (χ4v) is 3.67. The van der Waals surface area contributed by atoms with Crippen LogP contribution in [0.5, 0.6) is 5.75 Å². The third-order valence-electron chi connectivity index (χ3n) is 4.56. The number of ether oxygens (including phenoxy) is 1. The second kappa shape index (κ2) is 5.55. The molecule has 4 heteroatoms. The van der Waals surface area contributed by atoms with Crippen molar-refractivity contribution in [2.75, 3.05) is 19.7 Å². The summed E-state index contributed by atoms with van der Waals surface area (Å²) < 4.78 is 5.73. The van der Waals surface area contributed by atoms with Gasteiger partial charge in [-0.2, -0.15) is 0 Å². The number of hydrogen-bond acceptors (Lipinski definition) is 3. The maximum Gasteiger partial charge on any atom is 0.127 e. The van der Waals surface area contributed by atoms with Gasteiger partial charge in [0.2, 0.25) is 0 Å². The van der Waals surface area contributed by atoms with Crippen LogP contribution in [0.4, 0.5) is 0 Å². The van der Waals surface area contributed by atoms with Crippen molar-refractivity contribution in [1.29, 1.82) is 0 Å². The largest absolute Gasteiger partial charge is 0.490 e. The van der Waals surface area contributed by atoms with Gasteiger partial charge in [-0.15, -0.1) is 0 Å². The molecule has 0 saturated carbocycles. The molecule has 110 valence electrons. The van der Waals surface area contributed by atoms with Crippen molar-refractivity contribution in [3.63, 3.8) is 0 Å². The third-order valence-corrected chi connectivity index (χ3v) is 4.78. The third kappa shape index (κ3) is 2.54. The van der Waals surface area contributed by atoms with Crippen molar-refractivity contribution in [3.8, 4) is 5.75 Å². The predicted octanol–water partition coefficient (Wildman–Crippen LogP) is 3.17. The van der Waals surface area contributed by atoms with Gasteiger partial charge in [-0.05, 0) is 56.5 Å². The molecule has 0 amide bonds. The second-order valence-electron chi connectivity index (χ2n) is 6.18. The van der Waals surface area contributed by atoms with Crippen LogP contribution in [-0.4, -0.2) is 35.8 Å². The van der Waals surface area contributed by atoms with Crippen molar-refractivity contribution >= 4 is 11.6 Å². The Morgan fingerprint density at radius 1 is 1.30 bits per heavy atom. The number of piperidine rings is 1. The van der Waals surface area contributed by atoms with Crippen LogP contribution in [-0.2, 0) is 0 Å². The SMILES string of the molecule is Cc1cc(Cl)cc2c1OCC(O)C2N1CCC(C)CC1. The first kappa shape index (κ1) is 14.2. The van der Waals surface area contributed by atoms with E-state index in [0.29, 0.717) is 11.6 Å². The number of halogens is 1. The first-order chi connectivity index (χ1) is 9.56. The lowest BCUT2D eigenvalue weighted by molar-refractivity contribution is -0.0117. The number of likely N-dealkylation sites (tertiary alicyclic amines) is 1. The quantitative estimate of drug-likeness (QED) is 0.864. The number of aliphatic hydroxyl groups excluding tert-OH is 1. The fourth-order valence-electron chi connectivity index (χ4n) is 3.39. The van der Waals surface area contributed by atoms with E-state index in [1.54, 1.807) is 0 Å². The Labute approximate surface area is 125 Å². The number of fused-ring (bicyclic) bond motifs is 1. The average Bonchev–Trinajstić information content (AvgIpc) is 2.40. The van der Waals surface area contributed by atoms with Crippen molar-refractivity contribution in [2.45, 2.75) is 38.8 Å². The van der Waals surface area contributed by atoms with Crippen LogP contribution in [0.2, 0.25) is 5.02 Å². The first-order valence-corrected chi connectivity index (χ1v) is 7.79. The van der Waals surface area contributed by atoms with Crippen LogP contribution in [0.25, 0.3) is 0 Å². The molecule has 2 aliphatic heterocycles. The van der Waals surface area contributed by atoms with Crippen molar-refractivity contribution in [3.05, 3.63) is 28.3 Å². The fraction of sp³-hybridized carbons (Fsp3) is 0.625. The summed E-state index contributed by atoms with van der Waals surface area (Å²) in [4.78, 5) is 2.39. The standard InChI is InChI=1S/C16H22ClNO2/c1-10-3-5-18(6-4-10)15-13-8-12(17)7-11(2)16(13)20-9-14(15)19/h7-8,10,14-15,19H,3-6,9H2,1-2H3. The lowest BCUT2D eigenvalue weighted by Crippen LogP contribution is -2.45. The second-order valence-corrected chi connectivity index (χ2v) is 6.62. The zero-order valence-corrected chi connectivity index (χ0v) is 12.9. The maximum atomic E-state index is 10.4. The summed E-state index contributed by atoms with van der Waals surface area (Å²) in [7, 11) is 0. The van der Waals surface area contributed by atoms with Gasteiger partial charge < -0.3 is 9.84 Å². The normalized spacial score (nSPS) is 28.0. The minimum Gasteiger partial charge on any atom is -0.490 e. The summed E-state index contributed by atoms with van der Waals surface area (Å²) in [6.45, 7) is 6.75. The van der Waals surface area contributed by atoms with Crippen molar-refractivity contribution in [1.82, 2.24) is 4.90 Å². The van der Waals surface area contributed by atoms with Crippen LogP contribution in [0.1, 0.15) is 36.9 Å². The van der Waals surface area contributed by atoms with Gasteiger partial charge in [0, 0.05) is 10.6 Å². The average molecular weight is 296 g/mol. The van der Waals surface area contributed by atoms with Crippen LogP contribution in [0.15, 0.2) is 12.1 Å². The summed E-state index contributed by atoms with van der Waals surface area (Å²) in [5.41, 5.74) is 2.10. The van der Waals surface area contributed by atoms with Gasteiger partial charge in [0.05, 0.1) is 6.04 Å². The zero-order chi connectivity index (χ0) is 14.3. The molecule has 2 atom stereocenters. The Morgan fingerprint density at radius 3 is 2.70 bits per heavy atom. The molecule has 3 rings (SSSR count). The minimum absolute atomic E-state index is 0.0173. The van der Waals surface area contributed by atoms with Crippen molar-refractivity contribution in [2.24, 2.45) is 5.92 Å². The molecule has 1 saturated heterocycles. The van der Waals surface area contributed by atoms with E-state index in [4.69, 9.17) is 16.3 Å². The molecule has 1 aromatic carbocycles. The molecular formula is C16H22ClNO2. The van der Waals surface area contributed by atoms with E-state index in [2.05, 4.69) is 11.8 Å². The molecule has 0 spiro atoms. The Balaban J connectivity index is 1.95. The molecule has 1 N–H and O–H groups in total. The van der Waals surface area contributed by atoms with Gasteiger partial charge in [-0.1, -0.05) is 18.5 Å². The smallest absolute Gasteiger partial charge is 0.127 e. The number of aryl methyl sites for hydroxylation is 1. The Hall–Kier alpha value is -0.770. The van der Waals surface area contributed by atoms with E-state index >= 15 is 0 Å². The summed E-state index contributed by atoms with van der Waals surface area (Å²) in [6.07, 6.45) is 1.91. The highest BCUT2D eigenvalue weighted by atomic mass is 35.5. The summed E-state index contributed by atoms with van der Waals surface area (Å²) in [5.74, 6) is 1.69. The van der Waals surface area contributed by atoms with Gasteiger partial charge in [0.1, 0.15) is 18.5 Å². The van der Waals surface area contributed by atoms with Gasteiger partial charge in [0.25, 0.3) is 0 Å². The van der Waals surface area contributed by atoms with E-state index in [1.165, 1.54) is 12.8 Å². The van der Waals surface area contributed by atoms with Crippen LogP contribution in [0.3, 0.4) is 0 Å². The van der Waals surface area contributed by atoms with Crippen molar-refractivity contribution < 1.29 is 9.84 Å². The maximum absolute atomic E-state index is 10.4. The molecule has 20 heavy (non-hydrogen) atoms. The molecule has 2 unspecified atom stereocenters. The van der Waals surface area contributed by atoms with E-state index < -0.39 is 6.10 Å². The van der Waals surface area contributed by atoms with E-state index in [9.17, 15) is 5.11 Å². The van der Waals surface area contributed by atoms with E-state index in [1.807, 2.05) is 19.1 Å². The zero-order valence-electron chi connectivity index (χ0n) is 12.1. The van der Waals surface area contributed by atoms with Gasteiger partial charge in [0.15, 0.2) is 0 Å². The van der Waals surface area contributed by atoms with E-state index in [0.717, 1.165) is 35.9 Å². The topological polar surface area (TPSA) is 32.7 Å². The molecule has 0 radical (unpaired) electrons. The van der Waals surface area contributed by atoms with Gasteiger partial charge in [-0.3, -0.25) is 4.90 Å². The van der Waals surface area contributed by atoms with Gasteiger partial charge >= 0.3 is 0 Å². The molecule has 1 fully saturated rings. The van der Waals surface area contributed by atoms with Crippen LogP contribution in [0, 0.1) is 12.8 Å². The number of nitrogens with zero attached hydrogens (tertiary/aromatic N) is 1. The highest BCUT2D eigenvalue weighted by Gasteiger charge is 2.36. The number of hydrogen-bond donors (Lipinski definition) is 1. The molecule has 0 aliphatic carbocycles. The summed E-state index contributed by atoms with van der Waals surface area (Å²) >= 11 is 6.20. The Morgan fingerprint density at radius 2 is 2.00 bits per heavy atom. The molecule has 1 aromatic rings. The molecule has 2 heterocycles. The number of benzene rings is 1. The van der Waals surface area contributed by atoms with E-state index in [-0.39, 0.29) is 6.04 Å².